The molecule has 8 heteroatoms. The summed E-state index contributed by atoms with van der Waals surface area (Å²) in [6, 6.07) is 20.0. The maximum absolute atomic E-state index is 4.95. The van der Waals surface area contributed by atoms with Gasteiger partial charge < -0.3 is 0 Å². The molecule has 0 radical (unpaired) electrons. The molecular weight excluding hydrogens is 460 g/mol. The molecule has 186 valence electrons. The van der Waals surface area contributed by atoms with Crippen LogP contribution in [0.3, 0.4) is 0 Å². The molecule has 0 aliphatic rings. The molecule has 4 heterocycles. The summed E-state index contributed by atoms with van der Waals surface area (Å²) >= 11 is 0. The quantitative estimate of drug-likeness (QED) is 0.378. The first kappa shape index (κ1) is 23.1. The van der Waals surface area contributed by atoms with Crippen LogP contribution in [0.4, 0.5) is 0 Å². The monoisotopic (exact) mass is 490 g/mol. The summed E-state index contributed by atoms with van der Waals surface area (Å²) in [4.78, 5) is 9.88. The lowest BCUT2D eigenvalue weighted by Gasteiger charge is -2.18. The molecular formula is C29H30N8. The summed E-state index contributed by atoms with van der Waals surface area (Å²) in [5.74, 6) is 1.33. The number of hydrogen-bond acceptors (Lipinski definition) is 5. The fourth-order valence-corrected chi connectivity index (χ4v) is 4.60. The van der Waals surface area contributed by atoms with Crippen LogP contribution in [0.25, 0.3) is 40.1 Å². The lowest BCUT2D eigenvalue weighted by atomic mass is 9.88. The van der Waals surface area contributed by atoms with Gasteiger partial charge in [-0.3, -0.25) is 5.10 Å². The van der Waals surface area contributed by atoms with E-state index in [1.54, 1.807) is 9.26 Å². The maximum Gasteiger partial charge on any atom is 0.185 e. The Morgan fingerprint density at radius 3 is 1.81 bits per heavy atom. The number of nitrogens with zero attached hydrogens (tertiary/aromatic N) is 7. The molecule has 1 N–H and O–H groups in total. The Kier molecular flexibility index (Phi) is 5.05. The Labute approximate surface area is 215 Å². The number of fused-ring (bicyclic) bond motifs is 2. The molecule has 0 atom stereocenters. The second-order valence-corrected chi connectivity index (χ2v) is 11.5. The summed E-state index contributed by atoms with van der Waals surface area (Å²) in [6.45, 7) is 13.0. The van der Waals surface area contributed by atoms with Crippen LogP contribution in [0.5, 0.6) is 0 Å². The molecule has 6 rings (SSSR count). The van der Waals surface area contributed by atoms with E-state index in [0.717, 1.165) is 44.6 Å². The van der Waals surface area contributed by atoms with Crippen molar-refractivity contribution in [3.05, 3.63) is 82.8 Å². The van der Waals surface area contributed by atoms with Gasteiger partial charge in [0, 0.05) is 32.7 Å². The first-order chi connectivity index (χ1) is 17.6. The average molecular weight is 491 g/mol. The highest BCUT2D eigenvalue weighted by molar-refractivity contribution is 5.73. The van der Waals surface area contributed by atoms with E-state index in [1.165, 1.54) is 0 Å². The lowest BCUT2D eigenvalue weighted by molar-refractivity contribution is 0.553. The Balaban J connectivity index is 1.64. The third kappa shape index (κ3) is 3.98. The molecule has 6 aromatic rings. The van der Waals surface area contributed by atoms with Gasteiger partial charge in [0.1, 0.15) is 0 Å². The highest BCUT2D eigenvalue weighted by Gasteiger charge is 2.27. The van der Waals surface area contributed by atoms with Gasteiger partial charge in [0.2, 0.25) is 0 Å². The maximum atomic E-state index is 4.95. The highest BCUT2D eigenvalue weighted by atomic mass is 15.5. The molecule has 0 amide bonds. The third-order valence-electron chi connectivity index (χ3n) is 6.43. The van der Waals surface area contributed by atoms with Gasteiger partial charge in [0.25, 0.3) is 0 Å². The van der Waals surface area contributed by atoms with Gasteiger partial charge in [-0.1, -0.05) is 102 Å². The number of aromatic nitrogens is 8. The number of nitrogens with one attached hydrogen (secondary N) is 1. The van der Waals surface area contributed by atoms with Crippen molar-refractivity contribution in [1.29, 1.82) is 0 Å². The van der Waals surface area contributed by atoms with Crippen LogP contribution in [0.2, 0.25) is 0 Å². The third-order valence-corrected chi connectivity index (χ3v) is 6.43. The van der Waals surface area contributed by atoms with E-state index in [4.69, 9.17) is 25.3 Å². The second kappa shape index (κ2) is 8.09. The van der Waals surface area contributed by atoms with Crippen molar-refractivity contribution in [2.75, 3.05) is 0 Å². The predicted octanol–water partition coefficient (Wildman–Crippen LogP) is 4.97. The van der Waals surface area contributed by atoms with E-state index >= 15 is 0 Å². The lowest BCUT2D eigenvalue weighted by Crippen LogP contribution is -2.22. The summed E-state index contributed by atoms with van der Waals surface area (Å²) in [5, 5.41) is 18.8. The van der Waals surface area contributed by atoms with Gasteiger partial charge in [0.05, 0.1) is 11.4 Å². The molecule has 0 saturated carbocycles. The Morgan fingerprint density at radius 1 is 0.676 bits per heavy atom. The zero-order valence-corrected chi connectivity index (χ0v) is 22.0. The fraction of sp³-hybridized carbons (Fsp3) is 0.276. The molecule has 0 saturated heterocycles. The van der Waals surface area contributed by atoms with Crippen LogP contribution in [-0.2, 0) is 10.8 Å². The van der Waals surface area contributed by atoms with Crippen molar-refractivity contribution in [1.82, 2.24) is 39.6 Å². The van der Waals surface area contributed by atoms with Gasteiger partial charge in [0.15, 0.2) is 22.9 Å². The topological polar surface area (TPSA) is 89.1 Å². The van der Waals surface area contributed by atoms with Gasteiger partial charge in [-0.2, -0.15) is 9.73 Å². The zero-order chi connectivity index (χ0) is 25.9. The van der Waals surface area contributed by atoms with Crippen LogP contribution < -0.4 is 5.22 Å². The van der Waals surface area contributed by atoms with E-state index in [1.807, 2.05) is 60.7 Å². The number of rotatable bonds is 3. The minimum atomic E-state index is -0.210. The van der Waals surface area contributed by atoms with Crippen molar-refractivity contribution in [3.8, 4) is 22.8 Å². The van der Waals surface area contributed by atoms with Crippen LogP contribution >= 0.6 is 0 Å². The van der Waals surface area contributed by atoms with E-state index in [0.29, 0.717) is 11.6 Å². The number of H-pyrrole nitrogens is 1. The molecule has 0 spiro atoms. The predicted molar refractivity (Wildman–Crippen MR) is 145 cm³/mol. The van der Waals surface area contributed by atoms with E-state index in [2.05, 4.69) is 52.7 Å². The molecule has 4 aromatic heterocycles. The summed E-state index contributed by atoms with van der Waals surface area (Å²) in [6.07, 6.45) is 2.15. The van der Waals surface area contributed by atoms with Crippen molar-refractivity contribution >= 4 is 17.4 Å². The highest BCUT2D eigenvalue weighted by Crippen LogP contribution is 2.30. The molecule has 37 heavy (non-hydrogen) atoms. The Morgan fingerprint density at radius 2 is 1.24 bits per heavy atom. The van der Waals surface area contributed by atoms with Crippen LogP contribution in [0.1, 0.15) is 58.5 Å². The minimum Gasteiger partial charge on any atom is -0.279 e. The number of benzene rings is 2. The van der Waals surface area contributed by atoms with Crippen molar-refractivity contribution in [3.63, 3.8) is 0 Å². The van der Waals surface area contributed by atoms with Gasteiger partial charge in [-0.05, 0) is 6.08 Å². The van der Waals surface area contributed by atoms with Crippen molar-refractivity contribution < 1.29 is 0 Å². The largest absolute Gasteiger partial charge is 0.279 e. The summed E-state index contributed by atoms with van der Waals surface area (Å²) in [7, 11) is 0. The minimum absolute atomic E-state index is 0.164. The van der Waals surface area contributed by atoms with Crippen molar-refractivity contribution in [2.24, 2.45) is 0 Å². The van der Waals surface area contributed by atoms with Crippen LogP contribution in [-0.4, -0.2) is 39.6 Å². The van der Waals surface area contributed by atoms with E-state index in [-0.39, 0.29) is 10.8 Å². The summed E-state index contributed by atoms with van der Waals surface area (Å²) < 4.78 is 3.44. The number of hydrogen-bond donors (Lipinski definition) is 1. The molecule has 0 bridgehead atoms. The van der Waals surface area contributed by atoms with Crippen molar-refractivity contribution in [2.45, 2.75) is 52.4 Å². The van der Waals surface area contributed by atoms with Gasteiger partial charge >= 0.3 is 0 Å². The van der Waals surface area contributed by atoms with Crippen LogP contribution in [0.15, 0.2) is 60.7 Å². The standard InChI is InChI=1S/C29H30N8/c1-28(2,3)22-20(26-30-24(34-36(26)32-22)18-13-9-7-10-14-18)17-21-23(29(4,5)6)33-37-27(21)31-25(35-37)19-15-11-8-12-16-19/h7-17,32H,1-6H3/b21-17-. The van der Waals surface area contributed by atoms with Crippen LogP contribution in [0, 0.1) is 0 Å². The fourth-order valence-electron chi connectivity index (χ4n) is 4.60. The smallest absolute Gasteiger partial charge is 0.185 e. The molecule has 0 unspecified atom stereocenters. The van der Waals surface area contributed by atoms with Gasteiger partial charge in [-0.15, -0.1) is 14.8 Å². The zero-order valence-electron chi connectivity index (χ0n) is 22.0. The first-order valence-corrected chi connectivity index (χ1v) is 12.5. The summed E-state index contributed by atoms with van der Waals surface area (Å²) in [5.41, 5.74) is 6.01. The Hall–Kier alpha value is -4.33. The molecule has 0 aliphatic carbocycles. The SMILES string of the molecule is CC(C)(C)c1[nH]n2nc(-c3ccccc3)nc2c1/C=c1/c(C(C)(C)C)nn2nc(-c3ccccc3)nc12. The molecule has 0 fully saturated rings. The molecule has 8 nitrogen and oxygen atoms in total. The first-order valence-electron chi connectivity index (χ1n) is 12.5. The molecule has 0 aliphatic heterocycles. The molecule has 2 aromatic carbocycles. The van der Waals surface area contributed by atoms with E-state index < -0.39 is 0 Å². The normalized spacial score (nSPS) is 13.3. The van der Waals surface area contributed by atoms with E-state index in [9.17, 15) is 0 Å². The van der Waals surface area contributed by atoms with Gasteiger partial charge in [-0.25, -0.2) is 9.97 Å². The Bertz CT molecular complexity index is 1780. The number of aromatic amines is 1. The second-order valence-electron chi connectivity index (χ2n) is 11.5. The average Bonchev–Trinajstić information content (AvgIpc) is 3.60.